The summed E-state index contributed by atoms with van der Waals surface area (Å²) in [5.41, 5.74) is 5.35. The molecule has 0 aliphatic rings. The van der Waals surface area contributed by atoms with Crippen LogP contribution in [0.2, 0.25) is 0 Å². The number of benzene rings is 1. The zero-order valence-corrected chi connectivity index (χ0v) is 12.0. The molecule has 1 unspecified atom stereocenters. The van der Waals surface area contributed by atoms with Crippen LogP contribution in [-0.4, -0.2) is 21.7 Å². The predicted molar refractivity (Wildman–Crippen MR) is 81.4 cm³/mol. The van der Waals surface area contributed by atoms with Crippen molar-refractivity contribution in [2.24, 2.45) is 5.73 Å². The van der Waals surface area contributed by atoms with Gasteiger partial charge in [0.2, 0.25) is 5.91 Å². The van der Waals surface area contributed by atoms with Crippen LogP contribution in [0.15, 0.2) is 48.7 Å². The number of nitrogens with one attached hydrogen (secondary N) is 1. The Kier molecular flexibility index (Phi) is 4.98. The molecule has 1 aromatic heterocycles. The molecule has 8 heteroatoms. The minimum Gasteiger partial charge on any atom is -0.370 e. The number of carbonyl (C=O) groups excluding carboxylic acids is 2. The summed E-state index contributed by atoms with van der Waals surface area (Å²) in [7, 11) is 0. The predicted octanol–water partition coefficient (Wildman–Crippen LogP) is 1.34. The van der Waals surface area contributed by atoms with Crippen LogP contribution in [0.25, 0.3) is 0 Å². The van der Waals surface area contributed by atoms with E-state index < -0.39 is 22.8 Å². The molecule has 23 heavy (non-hydrogen) atoms. The lowest BCUT2D eigenvalue weighted by Gasteiger charge is -2.17. The van der Waals surface area contributed by atoms with Crippen molar-refractivity contribution in [3.8, 4) is 0 Å². The van der Waals surface area contributed by atoms with Crippen LogP contribution in [0.4, 0.5) is 5.69 Å². The maximum atomic E-state index is 12.2. The number of hydrogen-bond donors (Lipinski definition) is 2. The van der Waals surface area contributed by atoms with Crippen LogP contribution in [0.5, 0.6) is 0 Å². The van der Waals surface area contributed by atoms with Crippen molar-refractivity contribution < 1.29 is 14.5 Å². The number of carbonyl (C=O) groups is 2. The maximum Gasteiger partial charge on any atom is 0.274 e. The normalized spacial score (nSPS) is 11.5. The molecule has 0 saturated carbocycles. The van der Waals surface area contributed by atoms with Crippen molar-refractivity contribution in [1.29, 1.82) is 0 Å². The molecule has 0 fully saturated rings. The van der Waals surface area contributed by atoms with Gasteiger partial charge in [0.05, 0.1) is 22.9 Å². The van der Waals surface area contributed by atoms with Gasteiger partial charge >= 0.3 is 0 Å². The van der Waals surface area contributed by atoms with Crippen molar-refractivity contribution in [2.45, 2.75) is 12.5 Å². The Labute approximate surface area is 131 Å². The molecule has 0 aliphatic carbocycles. The molecule has 1 atom stereocenters. The van der Waals surface area contributed by atoms with Gasteiger partial charge in [-0.2, -0.15) is 0 Å². The number of rotatable bonds is 6. The number of nitrogens with zero attached hydrogens (tertiary/aromatic N) is 2. The first-order valence-electron chi connectivity index (χ1n) is 6.72. The second-order valence-corrected chi connectivity index (χ2v) is 4.73. The number of primary amides is 1. The number of pyridine rings is 1. The van der Waals surface area contributed by atoms with E-state index in [2.05, 4.69) is 10.3 Å². The Balaban J connectivity index is 2.33. The first kappa shape index (κ1) is 16.1. The van der Waals surface area contributed by atoms with Crippen molar-refractivity contribution >= 4 is 17.5 Å². The molecule has 0 aliphatic heterocycles. The fourth-order valence-electron chi connectivity index (χ4n) is 2.12. The number of nitrogens with two attached hydrogens (primary N) is 1. The molecule has 2 aromatic rings. The van der Waals surface area contributed by atoms with E-state index in [0.29, 0.717) is 0 Å². The molecule has 0 spiro atoms. The monoisotopic (exact) mass is 314 g/mol. The highest BCUT2D eigenvalue weighted by atomic mass is 16.6. The Bertz CT molecular complexity index is 733. The zero-order valence-electron chi connectivity index (χ0n) is 12.0. The van der Waals surface area contributed by atoms with E-state index in [1.807, 2.05) is 0 Å². The van der Waals surface area contributed by atoms with Gasteiger partial charge in [-0.25, -0.2) is 0 Å². The third kappa shape index (κ3) is 4.10. The standard InChI is InChI=1S/C15H14N4O4/c16-14(20)9-12(10-5-1-2-7-13(10)19(22)23)18-15(21)11-6-3-4-8-17-11/h1-8,12H,9H2,(H2,16,20)(H,18,21). The molecule has 0 radical (unpaired) electrons. The van der Waals surface area contributed by atoms with Gasteiger partial charge in [-0.15, -0.1) is 0 Å². The molecule has 2 rings (SSSR count). The van der Waals surface area contributed by atoms with E-state index in [9.17, 15) is 19.7 Å². The third-order valence-corrected chi connectivity index (χ3v) is 3.12. The highest BCUT2D eigenvalue weighted by molar-refractivity contribution is 5.93. The molecule has 2 amide bonds. The maximum absolute atomic E-state index is 12.2. The van der Waals surface area contributed by atoms with Gasteiger partial charge in [-0.05, 0) is 12.1 Å². The van der Waals surface area contributed by atoms with Crippen LogP contribution in [0.1, 0.15) is 28.5 Å². The number of amides is 2. The van der Waals surface area contributed by atoms with Crippen LogP contribution in [-0.2, 0) is 4.79 Å². The Morgan fingerprint density at radius 3 is 2.52 bits per heavy atom. The molecule has 0 bridgehead atoms. The molecule has 0 saturated heterocycles. The molecular weight excluding hydrogens is 300 g/mol. The molecule has 8 nitrogen and oxygen atoms in total. The van der Waals surface area contributed by atoms with Crippen molar-refractivity contribution in [3.05, 3.63) is 70.0 Å². The smallest absolute Gasteiger partial charge is 0.274 e. The van der Waals surface area contributed by atoms with Gasteiger partial charge in [0.1, 0.15) is 5.69 Å². The second-order valence-electron chi connectivity index (χ2n) is 4.73. The van der Waals surface area contributed by atoms with E-state index in [4.69, 9.17) is 5.73 Å². The minimum absolute atomic E-state index is 0.139. The van der Waals surface area contributed by atoms with Crippen LogP contribution in [0.3, 0.4) is 0 Å². The average Bonchev–Trinajstić information content (AvgIpc) is 2.54. The Morgan fingerprint density at radius 2 is 1.91 bits per heavy atom. The second kappa shape index (κ2) is 7.12. The summed E-state index contributed by atoms with van der Waals surface area (Å²) in [6.07, 6.45) is 1.19. The lowest BCUT2D eigenvalue weighted by Crippen LogP contribution is -2.32. The number of nitro benzene ring substituents is 1. The first-order valence-corrected chi connectivity index (χ1v) is 6.72. The van der Waals surface area contributed by atoms with Gasteiger partial charge < -0.3 is 11.1 Å². The van der Waals surface area contributed by atoms with Gasteiger partial charge in [0.25, 0.3) is 11.6 Å². The lowest BCUT2D eigenvalue weighted by atomic mass is 10.0. The number of nitro groups is 1. The molecule has 1 aromatic carbocycles. The largest absolute Gasteiger partial charge is 0.370 e. The van der Waals surface area contributed by atoms with Crippen LogP contribution in [0, 0.1) is 10.1 Å². The lowest BCUT2D eigenvalue weighted by molar-refractivity contribution is -0.385. The zero-order chi connectivity index (χ0) is 16.8. The van der Waals surface area contributed by atoms with Gasteiger partial charge in [0.15, 0.2) is 0 Å². The van der Waals surface area contributed by atoms with E-state index in [1.165, 1.54) is 30.5 Å². The topological polar surface area (TPSA) is 128 Å². The quantitative estimate of drug-likeness (QED) is 0.614. The Hall–Kier alpha value is -3.29. The molecule has 1 heterocycles. The number of aromatic nitrogens is 1. The van der Waals surface area contributed by atoms with Gasteiger partial charge in [0, 0.05) is 12.3 Å². The summed E-state index contributed by atoms with van der Waals surface area (Å²) < 4.78 is 0. The summed E-state index contributed by atoms with van der Waals surface area (Å²) in [5, 5.41) is 13.7. The average molecular weight is 314 g/mol. The van der Waals surface area contributed by atoms with Crippen LogP contribution < -0.4 is 11.1 Å². The minimum atomic E-state index is -0.913. The Morgan fingerprint density at radius 1 is 1.22 bits per heavy atom. The summed E-state index contributed by atoms with van der Waals surface area (Å²) in [4.78, 5) is 37.9. The number of hydrogen-bond acceptors (Lipinski definition) is 5. The van der Waals surface area contributed by atoms with Crippen molar-refractivity contribution in [2.75, 3.05) is 0 Å². The van der Waals surface area contributed by atoms with Crippen molar-refractivity contribution in [1.82, 2.24) is 10.3 Å². The molecule has 118 valence electrons. The van der Waals surface area contributed by atoms with Crippen LogP contribution >= 0.6 is 0 Å². The highest BCUT2D eigenvalue weighted by Gasteiger charge is 2.25. The van der Waals surface area contributed by atoms with Crippen molar-refractivity contribution in [3.63, 3.8) is 0 Å². The fourth-order valence-corrected chi connectivity index (χ4v) is 2.12. The summed E-state index contributed by atoms with van der Waals surface area (Å²) >= 11 is 0. The third-order valence-electron chi connectivity index (χ3n) is 3.12. The van der Waals surface area contributed by atoms with E-state index >= 15 is 0 Å². The SMILES string of the molecule is NC(=O)CC(NC(=O)c1ccccn1)c1ccccc1[N+](=O)[O-]. The summed E-state index contributed by atoms with van der Waals surface area (Å²) in [5.74, 6) is -1.23. The summed E-state index contributed by atoms with van der Waals surface area (Å²) in [6, 6.07) is 9.74. The molecular formula is C15H14N4O4. The summed E-state index contributed by atoms with van der Waals surface area (Å²) in [6.45, 7) is 0. The van der Waals surface area contributed by atoms with E-state index in [1.54, 1.807) is 18.2 Å². The van der Waals surface area contributed by atoms with Gasteiger partial charge in [-0.1, -0.05) is 24.3 Å². The fraction of sp³-hybridized carbons (Fsp3) is 0.133. The number of para-hydroxylation sites is 1. The van der Waals surface area contributed by atoms with Gasteiger partial charge in [-0.3, -0.25) is 24.7 Å². The molecule has 3 N–H and O–H groups in total. The highest BCUT2D eigenvalue weighted by Crippen LogP contribution is 2.27. The first-order chi connectivity index (χ1) is 11.0. The van der Waals surface area contributed by atoms with E-state index in [-0.39, 0.29) is 23.4 Å². The van der Waals surface area contributed by atoms with E-state index in [0.717, 1.165) is 0 Å².